The van der Waals surface area contributed by atoms with E-state index >= 15 is 0 Å². The van der Waals surface area contributed by atoms with Gasteiger partial charge in [-0.25, -0.2) is 4.79 Å². The van der Waals surface area contributed by atoms with Gasteiger partial charge in [0.25, 0.3) is 10.1 Å². The maximum Gasteiger partial charge on any atom is 0.338 e. The molecule has 1 rings (SSSR count). The van der Waals surface area contributed by atoms with E-state index in [-0.39, 0.29) is 11.3 Å². The van der Waals surface area contributed by atoms with E-state index in [1.54, 1.807) is 13.8 Å². The third-order valence-electron chi connectivity index (χ3n) is 2.36. The van der Waals surface area contributed by atoms with Crippen LogP contribution in [-0.2, 0) is 19.6 Å². The standard InChI is InChI=1S/C13H15IO7S/c1-13(2,14)12(16)21-10-5-3-9(4-6-10)11(15)20-7-8-22(17,18)19/h3-6H,7-8H2,1-2H3,(H,17,18,19). The SMILES string of the molecule is CC(C)(I)C(=O)Oc1ccc(C(=O)OCCS(=O)(=O)O)cc1. The summed E-state index contributed by atoms with van der Waals surface area (Å²) in [6.07, 6.45) is 0. The monoisotopic (exact) mass is 442 g/mol. The van der Waals surface area contributed by atoms with E-state index in [0.717, 1.165) is 0 Å². The minimum atomic E-state index is -4.17. The molecule has 0 saturated carbocycles. The average molecular weight is 442 g/mol. The Balaban J connectivity index is 2.61. The van der Waals surface area contributed by atoms with Crippen molar-refractivity contribution in [3.63, 3.8) is 0 Å². The van der Waals surface area contributed by atoms with E-state index in [2.05, 4.69) is 0 Å². The second-order valence-electron chi connectivity index (χ2n) is 4.81. The van der Waals surface area contributed by atoms with E-state index in [1.165, 1.54) is 24.3 Å². The zero-order valence-corrected chi connectivity index (χ0v) is 14.9. The van der Waals surface area contributed by atoms with Gasteiger partial charge in [-0.3, -0.25) is 9.35 Å². The molecule has 1 N–H and O–H groups in total. The van der Waals surface area contributed by atoms with Crippen LogP contribution in [-0.4, -0.2) is 40.7 Å². The second-order valence-corrected chi connectivity index (χ2v) is 9.08. The lowest BCUT2D eigenvalue weighted by Gasteiger charge is -2.14. The van der Waals surface area contributed by atoms with Gasteiger partial charge in [-0.15, -0.1) is 0 Å². The Morgan fingerprint density at radius 3 is 2.23 bits per heavy atom. The van der Waals surface area contributed by atoms with Crippen molar-refractivity contribution in [2.45, 2.75) is 17.3 Å². The van der Waals surface area contributed by atoms with E-state index in [1.807, 2.05) is 22.6 Å². The number of carbonyl (C=O) groups is 2. The first kappa shape index (κ1) is 18.8. The quantitative estimate of drug-likeness (QED) is 0.236. The molecule has 122 valence electrons. The maximum atomic E-state index is 11.7. The van der Waals surface area contributed by atoms with Crippen molar-refractivity contribution < 1.29 is 32.0 Å². The highest BCUT2D eigenvalue weighted by atomic mass is 127. The zero-order valence-electron chi connectivity index (χ0n) is 11.9. The summed E-state index contributed by atoms with van der Waals surface area (Å²) in [5.41, 5.74) is 0.170. The van der Waals surface area contributed by atoms with Crippen LogP contribution in [0, 0.1) is 0 Å². The number of alkyl halides is 1. The van der Waals surface area contributed by atoms with Crippen LogP contribution in [0.4, 0.5) is 0 Å². The lowest BCUT2D eigenvalue weighted by Crippen LogP contribution is -2.28. The minimum absolute atomic E-state index is 0.170. The fraction of sp³-hybridized carbons (Fsp3) is 0.385. The first-order valence-electron chi connectivity index (χ1n) is 6.12. The van der Waals surface area contributed by atoms with Crippen molar-refractivity contribution in [2.24, 2.45) is 0 Å². The highest BCUT2D eigenvalue weighted by Crippen LogP contribution is 2.21. The van der Waals surface area contributed by atoms with Crippen molar-refractivity contribution >= 4 is 44.6 Å². The van der Waals surface area contributed by atoms with Gasteiger partial charge < -0.3 is 9.47 Å². The molecule has 0 aliphatic carbocycles. The number of hydrogen-bond acceptors (Lipinski definition) is 6. The summed E-state index contributed by atoms with van der Waals surface area (Å²) in [5, 5.41) is 0. The van der Waals surface area contributed by atoms with Crippen LogP contribution >= 0.6 is 22.6 Å². The molecule has 0 saturated heterocycles. The van der Waals surface area contributed by atoms with E-state index in [0.29, 0.717) is 0 Å². The van der Waals surface area contributed by atoms with Crippen molar-refractivity contribution in [3.05, 3.63) is 29.8 Å². The third-order valence-corrected chi connectivity index (χ3v) is 3.48. The van der Waals surface area contributed by atoms with E-state index in [4.69, 9.17) is 14.0 Å². The number of carbonyl (C=O) groups excluding carboxylic acids is 2. The molecule has 0 atom stereocenters. The molecular weight excluding hydrogens is 427 g/mol. The van der Waals surface area contributed by atoms with Gasteiger partial charge in [-0.1, -0.05) is 22.6 Å². The molecule has 0 amide bonds. The molecule has 0 aliphatic heterocycles. The predicted molar refractivity (Wildman–Crippen MR) is 86.9 cm³/mol. The molecule has 0 unspecified atom stereocenters. The summed E-state index contributed by atoms with van der Waals surface area (Å²) in [7, 11) is -4.17. The van der Waals surface area contributed by atoms with Crippen LogP contribution in [0.3, 0.4) is 0 Å². The lowest BCUT2D eigenvalue weighted by molar-refractivity contribution is -0.135. The zero-order chi connectivity index (χ0) is 17.0. The van der Waals surface area contributed by atoms with Gasteiger partial charge in [0.2, 0.25) is 0 Å². The summed E-state index contributed by atoms with van der Waals surface area (Å²) in [6, 6.07) is 5.64. The number of ether oxygens (including phenoxy) is 2. The largest absolute Gasteiger partial charge is 0.461 e. The highest BCUT2D eigenvalue weighted by molar-refractivity contribution is 14.1. The highest BCUT2D eigenvalue weighted by Gasteiger charge is 2.26. The summed E-state index contributed by atoms with van der Waals surface area (Å²) in [5.74, 6) is -1.55. The van der Waals surface area contributed by atoms with Crippen molar-refractivity contribution in [1.29, 1.82) is 0 Å². The third kappa shape index (κ3) is 6.71. The number of hydrogen-bond donors (Lipinski definition) is 1. The molecule has 0 aromatic heterocycles. The maximum absolute atomic E-state index is 11.7. The molecule has 1 aromatic rings. The minimum Gasteiger partial charge on any atom is -0.461 e. The molecule has 0 radical (unpaired) electrons. The van der Waals surface area contributed by atoms with E-state index < -0.39 is 37.8 Å². The number of halogens is 1. The van der Waals surface area contributed by atoms with Crippen LogP contribution in [0.5, 0.6) is 5.75 Å². The molecule has 0 bridgehead atoms. The Morgan fingerprint density at radius 2 is 1.77 bits per heavy atom. The predicted octanol–water partition coefficient (Wildman–Crippen LogP) is 1.85. The van der Waals surface area contributed by atoms with Crippen molar-refractivity contribution in [1.82, 2.24) is 0 Å². The molecule has 7 nitrogen and oxygen atoms in total. The summed E-state index contributed by atoms with van der Waals surface area (Å²) >= 11 is 1.95. The van der Waals surface area contributed by atoms with Crippen LogP contribution in [0.25, 0.3) is 0 Å². The fourth-order valence-corrected chi connectivity index (χ4v) is 1.61. The molecule has 0 fully saturated rings. The fourth-order valence-electron chi connectivity index (χ4n) is 1.21. The first-order chi connectivity index (χ1) is 9.99. The number of benzene rings is 1. The molecular formula is C13H15IO7S. The summed E-state index contributed by atoms with van der Waals surface area (Å²) in [6.45, 7) is 2.96. The Hall–Kier alpha value is -1.20. The van der Waals surface area contributed by atoms with Gasteiger partial charge in [0.05, 0.1) is 5.56 Å². The Kier molecular flexibility index (Phi) is 6.32. The number of rotatable bonds is 6. The Labute approximate surface area is 141 Å². The molecule has 22 heavy (non-hydrogen) atoms. The molecule has 9 heteroatoms. The van der Waals surface area contributed by atoms with Crippen LogP contribution in [0.2, 0.25) is 0 Å². The Bertz CT molecular complexity index is 644. The van der Waals surface area contributed by atoms with Gasteiger partial charge in [-0.05, 0) is 38.1 Å². The molecule has 1 aromatic carbocycles. The topological polar surface area (TPSA) is 107 Å². The summed E-state index contributed by atoms with van der Waals surface area (Å²) < 4.78 is 38.6. The molecule has 0 heterocycles. The molecule has 0 aliphatic rings. The van der Waals surface area contributed by atoms with Crippen molar-refractivity contribution in [3.8, 4) is 5.75 Å². The van der Waals surface area contributed by atoms with Gasteiger partial charge in [0.15, 0.2) is 0 Å². The van der Waals surface area contributed by atoms with Crippen LogP contribution < -0.4 is 4.74 Å². The van der Waals surface area contributed by atoms with Gasteiger partial charge in [-0.2, -0.15) is 8.42 Å². The second kappa shape index (κ2) is 7.38. The van der Waals surface area contributed by atoms with E-state index in [9.17, 15) is 18.0 Å². The smallest absolute Gasteiger partial charge is 0.338 e. The average Bonchev–Trinajstić information content (AvgIpc) is 2.36. The lowest BCUT2D eigenvalue weighted by atomic mass is 10.2. The number of esters is 2. The first-order valence-corrected chi connectivity index (χ1v) is 8.81. The van der Waals surface area contributed by atoms with Gasteiger partial charge in [0.1, 0.15) is 21.5 Å². The van der Waals surface area contributed by atoms with Gasteiger partial charge in [0, 0.05) is 0 Å². The van der Waals surface area contributed by atoms with Crippen molar-refractivity contribution in [2.75, 3.05) is 12.4 Å². The Morgan fingerprint density at radius 1 is 1.23 bits per heavy atom. The van der Waals surface area contributed by atoms with Crippen LogP contribution in [0.15, 0.2) is 24.3 Å². The summed E-state index contributed by atoms with van der Waals surface area (Å²) in [4.78, 5) is 23.3. The van der Waals surface area contributed by atoms with Gasteiger partial charge >= 0.3 is 11.9 Å². The van der Waals surface area contributed by atoms with Crippen LogP contribution in [0.1, 0.15) is 24.2 Å². The molecule has 0 spiro atoms. The normalized spacial score (nSPS) is 11.8.